The molecule has 0 aromatic heterocycles. The van der Waals surface area contributed by atoms with Crippen LogP contribution in [0.4, 0.5) is 0 Å². The number of benzene rings is 1. The lowest BCUT2D eigenvalue weighted by atomic mass is 9.44. The van der Waals surface area contributed by atoms with Crippen LogP contribution in [0.3, 0.4) is 0 Å². The molecule has 0 radical (unpaired) electrons. The molecule has 4 aliphatic carbocycles. The Hall–Kier alpha value is -1.18. The van der Waals surface area contributed by atoms with Gasteiger partial charge < -0.3 is 9.47 Å². The number of ether oxygens (including phenoxy) is 2. The van der Waals surface area contributed by atoms with E-state index in [-0.39, 0.29) is 0 Å². The summed E-state index contributed by atoms with van der Waals surface area (Å²) in [5, 5.41) is 0. The fourth-order valence-electron chi connectivity index (χ4n) is 10.4. The van der Waals surface area contributed by atoms with Gasteiger partial charge >= 0.3 is 0 Å². The predicted octanol–water partition coefficient (Wildman–Crippen LogP) is 9.28. The van der Waals surface area contributed by atoms with Gasteiger partial charge in [0.15, 0.2) is 11.5 Å². The molecule has 5 aliphatic rings. The Bertz CT molecular complexity index is 896. The third-order valence-electron chi connectivity index (χ3n) is 12.3. The van der Waals surface area contributed by atoms with Crippen molar-refractivity contribution < 1.29 is 9.47 Å². The zero-order valence-corrected chi connectivity index (χ0v) is 23.2. The SMILES string of the molecule is CC(C)CCC[C@@H](C)[C@H]1CC[C@H]2[C@@H]3CC[C@H]4CC5(CC[C@]4(C)[C@H]3CC[C@]12C)Oc1ccccc1O5. The molecule has 194 valence electrons. The first kappa shape index (κ1) is 24.2. The van der Waals surface area contributed by atoms with Gasteiger partial charge in [-0.2, -0.15) is 0 Å². The standard InChI is InChI=1S/C33H50O2/c1-22(2)9-8-10-23(3)26-15-16-27-25-14-13-24-21-33(34-29-11-6-7-12-30(29)35-33)20-19-31(24,4)28(25)17-18-32(26,27)5/h6-7,11-12,22-28H,8-10,13-21H2,1-5H3/t23-,24+,25+,26-,27+,28+,31+,32-/m1/s1. The number of hydrogen-bond donors (Lipinski definition) is 0. The van der Waals surface area contributed by atoms with E-state index < -0.39 is 5.79 Å². The summed E-state index contributed by atoms with van der Waals surface area (Å²) >= 11 is 0. The van der Waals surface area contributed by atoms with Crippen molar-refractivity contribution in [3.63, 3.8) is 0 Å². The molecule has 1 aromatic rings. The molecule has 1 aromatic carbocycles. The second kappa shape index (κ2) is 8.70. The van der Waals surface area contributed by atoms with Crippen molar-refractivity contribution in [2.45, 2.75) is 117 Å². The van der Waals surface area contributed by atoms with E-state index in [9.17, 15) is 0 Å². The molecule has 8 atom stereocenters. The lowest BCUT2D eigenvalue weighted by Gasteiger charge is -2.62. The average molecular weight is 479 g/mol. The van der Waals surface area contributed by atoms with Crippen LogP contribution < -0.4 is 9.47 Å². The van der Waals surface area contributed by atoms with Crippen molar-refractivity contribution in [3.05, 3.63) is 24.3 Å². The fourth-order valence-corrected chi connectivity index (χ4v) is 10.4. The minimum Gasteiger partial charge on any atom is -0.448 e. The lowest BCUT2D eigenvalue weighted by molar-refractivity contribution is -0.190. The first-order valence-electron chi connectivity index (χ1n) is 15.2. The molecule has 0 amide bonds. The highest BCUT2D eigenvalue weighted by Crippen LogP contribution is 2.69. The second-order valence-corrected chi connectivity index (χ2v) is 14.5. The van der Waals surface area contributed by atoms with Gasteiger partial charge in [0.05, 0.1) is 0 Å². The third-order valence-corrected chi connectivity index (χ3v) is 12.3. The Morgan fingerprint density at radius 2 is 1.51 bits per heavy atom. The van der Waals surface area contributed by atoms with Crippen LogP contribution in [0.15, 0.2) is 24.3 Å². The molecular weight excluding hydrogens is 428 g/mol. The monoisotopic (exact) mass is 478 g/mol. The molecule has 0 unspecified atom stereocenters. The average Bonchev–Trinajstić information content (AvgIpc) is 3.36. The van der Waals surface area contributed by atoms with Gasteiger partial charge in [0.1, 0.15) is 0 Å². The van der Waals surface area contributed by atoms with Gasteiger partial charge in [0.25, 0.3) is 5.79 Å². The summed E-state index contributed by atoms with van der Waals surface area (Å²) in [5.74, 6) is 7.81. The smallest absolute Gasteiger partial charge is 0.251 e. The van der Waals surface area contributed by atoms with Crippen molar-refractivity contribution >= 4 is 0 Å². The number of fused-ring (bicyclic) bond motifs is 6. The summed E-state index contributed by atoms with van der Waals surface area (Å²) in [4.78, 5) is 0. The molecule has 1 aliphatic heterocycles. The Morgan fingerprint density at radius 1 is 0.800 bits per heavy atom. The molecule has 35 heavy (non-hydrogen) atoms. The summed E-state index contributed by atoms with van der Waals surface area (Å²) < 4.78 is 13.0. The van der Waals surface area contributed by atoms with Gasteiger partial charge in [-0.15, -0.1) is 0 Å². The Balaban J connectivity index is 1.15. The maximum atomic E-state index is 6.52. The molecule has 0 saturated heterocycles. The minimum atomic E-state index is -0.395. The number of para-hydroxylation sites is 2. The van der Waals surface area contributed by atoms with Crippen LogP contribution in [0.5, 0.6) is 11.5 Å². The maximum Gasteiger partial charge on any atom is 0.251 e. The summed E-state index contributed by atoms with van der Waals surface area (Å²) in [7, 11) is 0. The molecule has 2 heteroatoms. The predicted molar refractivity (Wildman–Crippen MR) is 143 cm³/mol. The van der Waals surface area contributed by atoms with Gasteiger partial charge in [0.2, 0.25) is 0 Å². The lowest BCUT2D eigenvalue weighted by Crippen LogP contribution is -2.57. The van der Waals surface area contributed by atoms with Crippen molar-refractivity contribution in [2.75, 3.05) is 0 Å². The molecule has 1 spiro atoms. The minimum absolute atomic E-state index is 0.395. The van der Waals surface area contributed by atoms with E-state index in [2.05, 4.69) is 58.9 Å². The van der Waals surface area contributed by atoms with Crippen LogP contribution in [0.2, 0.25) is 0 Å². The van der Waals surface area contributed by atoms with Crippen LogP contribution in [0.25, 0.3) is 0 Å². The van der Waals surface area contributed by atoms with Gasteiger partial charge in [-0.3, -0.25) is 0 Å². The van der Waals surface area contributed by atoms with Crippen LogP contribution in [0.1, 0.15) is 112 Å². The molecule has 0 bridgehead atoms. The Labute approximate surface area is 214 Å². The van der Waals surface area contributed by atoms with Crippen molar-refractivity contribution in [3.8, 4) is 11.5 Å². The van der Waals surface area contributed by atoms with E-state index in [4.69, 9.17) is 9.47 Å². The zero-order valence-electron chi connectivity index (χ0n) is 23.2. The summed E-state index contributed by atoms with van der Waals surface area (Å²) in [5.41, 5.74) is 1.06. The molecule has 6 rings (SSSR count). The van der Waals surface area contributed by atoms with E-state index in [1.54, 1.807) is 0 Å². The van der Waals surface area contributed by atoms with Gasteiger partial charge in [0, 0.05) is 12.8 Å². The maximum absolute atomic E-state index is 6.52. The molecule has 2 nitrogen and oxygen atoms in total. The summed E-state index contributed by atoms with van der Waals surface area (Å²) in [6.07, 6.45) is 16.5. The second-order valence-electron chi connectivity index (χ2n) is 14.5. The molecule has 4 fully saturated rings. The first-order valence-corrected chi connectivity index (χ1v) is 15.2. The van der Waals surface area contributed by atoms with Crippen LogP contribution in [0, 0.1) is 52.3 Å². The molecular formula is C33H50O2. The van der Waals surface area contributed by atoms with E-state index in [1.807, 2.05) is 0 Å². The van der Waals surface area contributed by atoms with E-state index in [0.29, 0.717) is 10.8 Å². The topological polar surface area (TPSA) is 18.5 Å². The van der Waals surface area contributed by atoms with Crippen LogP contribution in [-0.2, 0) is 0 Å². The first-order chi connectivity index (χ1) is 16.7. The van der Waals surface area contributed by atoms with Gasteiger partial charge in [-0.25, -0.2) is 0 Å². The van der Waals surface area contributed by atoms with Crippen LogP contribution in [-0.4, -0.2) is 5.79 Å². The van der Waals surface area contributed by atoms with Gasteiger partial charge in [-0.05, 0) is 109 Å². The van der Waals surface area contributed by atoms with Gasteiger partial charge in [-0.1, -0.05) is 66.0 Å². The Morgan fingerprint density at radius 3 is 2.23 bits per heavy atom. The van der Waals surface area contributed by atoms with E-state index in [1.165, 1.54) is 64.2 Å². The zero-order chi connectivity index (χ0) is 24.4. The molecule has 1 heterocycles. The highest BCUT2D eigenvalue weighted by molar-refractivity contribution is 5.43. The highest BCUT2D eigenvalue weighted by Gasteiger charge is 2.63. The van der Waals surface area contributed by atoms with Crippen LogP contribution >= 0.6 is 0 Å². The largest absolute Gasteiger partial charge is 0.448 e. The van der Waals surface area contributed by atoms with Crippen molar-refractivity contribution in [2.24, 2.45) is 52.3 Å². The molecule has 0 N–H and O–H groups in total. The summed E-state index contributed by atoms with van der Waals surface area (Å²) in [6.45, 7) is 12.8. The quantitative estimate of drug-likeness (QED) is 0.420. The van der Waals surface area contributed by atoms with Crippen molar-refractivity contribution in [1.82, 2.24) is 0 Å². The normalized spacial score (nSPS) is 41.9. The number of hydrogen-bond acceptors (Lipinski definition) is 2. The molecule has 4 saturated carbocycles. The highest BCUT2D eigenvalue weighted by atomic mass is 16.7. The van der Waals surface area contributed by atoms with Crippen molar-refractivity contribution in [1.29, 1.82) is 0 Å². The number of rotatable bonds is 5. The van der Waals surface area contributed by atoms with E-state index in [0.717, 1.165) is 65.8 Å². The fraction of sp³-hybridized carbons (Fsp3) is 0.818. The van der Waals surface area contributed by atoms with E-state index >= 15 is 0 Å². The Kier molecular flexibility index (Phi) is 6.01. The third kappa shape index (κ3) is 3.86. The summed E-state index contributed by atoms with van der Waals surface area (Å²) in [6, 6.07) is 8.30.